The Labute approximate surface area is 313 Å². The van der Waals surface area contributed by atoms with Crippen LogP contribution in [0.25, 0.3) is 33.2 Å². The van der Waals surface area contributed by atoms with Crippen LogP contribution in [-0.2, 0) is 18.2 Å². The number of nitrogens with one attached hydrogen (secondary N) is 2. The van der Waals surface area contributed by atoms with Crippen molar-refractivity contribution in [3.05, 3.63) is 92.5 Å². The Kier molecular flexibility index (Phi) is 9.08. The topological polar surface area (TPSA) is 127 Å². The third-order valence-electron chi connectivity index (χ3n) is 11.1. The Bertz CT molecular complexity index is 2330. The monoisotopic (exact) mass is 734 g/mol. The molecule has 3 aliphatic rings. The summed E-state index contributed by atoms with van der Waals surface area (Å²) in [5, 5.41) is 12.7. The van der Waals surface area contributed by atoms with E-state index in [-0.39, 0.29) is 23.2 Å². The second-order valence-corrected chi connectivity index (χ2v) is 14.8. The lowest BCUT2D eigenvalue weighted by molar-refractivity contribution is 0.158. The number of likely N-dealkylation sites (tertiary alicyclic amines) is 1. The molecule has 53 heavy (non-hydrogen) atoms. The van der Waals surface area contributed by atoms with Crippen LogP contribution in [0, 0.1) is 13.8 Å². The van der Waals surface area contributed by atoms with Crippen LogP contribution < -0.4 is 20.9 Å². The lowest BCUT2D eigenvalue weighted by Crippen LogP contribution is -2.46. The largest absolute Gasteiger partial charge is 0.481 e. The van der Waals surface area contributed by atoms with Crippen molar-refractivity contribution in [3.63, 3.8) is 0 Å². The summed E-state index contributed by atoms with van der Waals surface area (Å²) in [4.78, 5) is 40.0. The van der Waals surface area contributed by atoms with Gasteiger partial charge in [0.1, 0.15) is 5.82 Å². The molecule has 274 valence electrons. The highest BCUT2D eigenvalue weighted by atomic mass is 35.5. The summed E-state index contributed by atoms with van der Waals surface area (Å²) in [7, 11) is 4.97. The number of carbonyl (C=O) groups is 1. The lowest BCUT2D eigenvalue weighted by Gasteiger charge is -2.28. The number of aryl methyl sites for hydroxylation is 3. The summed E-state index contributed by atoms with van der Waals surface area (Å²) < 4.78 is 12.5. The molecule has 1 spiro atoms. The second kappa shape index (κ2) is 13.7. The number of carbonyl (C=O) groups excluding carboxylic acids is 1. The average molecular weight is 735 g/mol. The van der Waals surface area contributed by atoms with Crippen LogP contribution in [0.15, 0.2) is 59.5 Å². The standard InChI is InChI=1S/C40H43ClN8O4/c1-23-18-26-20-42-47(3)38(50)34(26)36(43-23)44-30-11-7-8-27(24(30)2)28-9-6-10-29(35(28)41)31-19-25-12-13-32(33(25)37(45-31)53-5)48-15-14-40(21-48)22-49(16-17-52-4)39(51)46-40/h6-11,18-20,32H,12-17,21-22H2,1-5H3,(H,43,44)(H,46,51)/t32-,40+/m1/s1. The van der Waals surface area contributed by atoms with Gasteiger partial charge >= 0.3 is 6.03 Å². The second-order valence-electron chi connectivity index (χ2n) is 14.4. The molecule has 3 aromatic heterocycles. The van der Waals surface area contributed by atoms with E-state index in [0.717, 1.165) is 82.6 Å². The Balaban J connectivity index is 1.09. The fraction of sp³-hybridized carbons (Fsp3) is 0.375. The molecule has 2 amide bonds. The smallest absolute Gasteiger partial charge is 0.318 e. The summed E-state index contributed by atoms with van der Waals surface area (Å²) in [5.41, 5.74) is 7.80. The molecule has 2 N–H and O–H groups in total. The maximum absolute atomic E-state index is 13.1. The molecule has 0 radical (unpaired) electrons. The molecule has 0 unspecified atom stereocenters. The molecule has 2 saturated heterocycles. The molecular weight excluding hydrogens is 692 g/mol. The van der Waals surface area contributed by atoms with Crippen molar-refractivity contribution in [3.8, 4) is 28.3 Å². The molecule has 5 aromatic rings. The normalized spacial score (nSPS) is 19.7. The average Bonchev–Trinajstić information content (AvgIpc) is 3.85. The van der Waals surface area contributed by atoms with Crippen molar-refractivity contribution in [2.75, 3.05) is 52.3 Å². The molecule has 2 atom stereocenters. The predicted molar refractivity (Wildman–Crippen MR) is 206 cm³/mol. The van der Waals surface area contributed by atoms with Gasteiger partial charge in [-0.25, -0.2) is 19.4 Å². The first kappa shape index (κ1) is 35.0. The summed E-state index contributed by atoms with van der Waals surface area (Å²) >= 11 is 7.28. The number of hydrogen-bond donors (Lipinski definition) is 2. The first-order valence-electron chi connectivity index (χ1n) is 18.0. The van der Waals surface area contributed by atoms with Crippen LogP contribution in [0.2, 0.25) is 5.02 Å². The number of halogens is 1. The predicted octanol–water partition coefficient (Wildman–Crippen LogP) is 6.18. The summed E-state index contributed by atoms with van der Waals surface area (Å²) in [5.74, 6) is 1.10. The molecule has 5 heterocycles. The Hall–Kier alpha value is -5.04. The Morgan fingerprint density at radius 1 is 1.04 bits per heavy atom. The molecular formula is C40H43ClN8O4. The zero-order valence-electron chi connectivity index (χ0n) is 30.6. The third-order valence-corrected chi connectivity index (χ3v) is 11.5. The van der Waals surface area contributed by atoms with Crippen molar-refractivity contribution >= 4 is 39.9 Å². The van der Waals surface area contributed by atoms with Crippen LogP contribution in [0.5, 0.6) is 5.88 Å². The number of rotatable bonds is 9. The number of methoxy groups -OCH3 is 2. The van der Waals surface area contributed by atoms with Gasteiger partial charge in [-0.3, -0.25) is 9.69 Å². The minimum absolute atomic E-state index is 0.0151. The van der Waals surface area contributed by atoms with E-state index in [4.69, 9.17) is 31.0 Å². The third kappa shape index (κ3) is 6.18. The highest BCUT2D eigenvalue weighted by Crippen LogP contribution is 2.46. The van der Waals surface area contributed by atoms with E-state index in [0.29, 0.717) is 41.8 Å². The number of aromatic nitrogens is 4. The highest BCUT2D eigenvalue weighted by molar-refractivity contribution is 6.36. The lowest BCUT2D eigenvalue weighted by atomic mass is 9.96. The van der Waals surface area contributed by atoms with Crippen molar-refractivity contribution in [1.29, 1.82) is 0 Å². The number of hydrogen-bond acceptors (Lipinski definition) is 9. The van der Waals surface area contributed by atoms with Crippen molar-refractivity contribution in [1.82, 2.24) is 34.9 Å². The van der Waals surface area contributed by atoms with Crippen molar-refractivity contribution in [2.45, 2.75) is 44.7 Å². The number of urea groups is 1. The zero-order chi connectivity index (χ0) is 37.0. The maximum Gasteiger partial charge on any atom is 0.318 e. The van der Waals surface area contributed by atoms with Gasteiger partial charge in [0.15, 0.2) is 0 Å². The summed E-state index contributed by atoms with van der Waals surface area (Å²) in [6.45, 7) is 7.40. The van der Waals surface area contributed by atoms with Gasteiger partial charge in [0.05, 0.1) is 41.6 Å². The minimum Gasteiger partial charge on any atom is -0.481 e. The minimum atomic E-state index is -0.258. The fourth-order valence-corrected chi connectivity index (χ4v) is 8.74. The molecule has 1 aliphatic carbocycles. The first-order valence-corrected chi connectivity index (χ1v) is 18.3. The number of anilines is 2. The van der Waals surface area contributed by atoms with Gasteiger partial charge in [0.25, 0.3) is 5.56 Å². The van der Waals surface area contributed by atoms with Gasteiger partial charge in [0.2, 0.25) is 5.88 Å². The molecule has 0 bridgehead atoms. The molecule has 8 rings (SSSR count). The van der Waals surface area contributed by atoms with E-state index >= 15 is 0 Å². The number of benzene rings is 2. The number of amides is 2. The number of fused-ring (bicyclic) bond motifs is 2. The van der Waals surface area contributed by atoms with Crippen LogP contribution in [0.3, 0.4) is 0 Å². The van der Waals surface area contributed by atoms with E-state index in [2.05, 4.69) is 26.7 Å². The molecule has 2 aliphatic heterocycles. The molecule has 12 nitrogen and oxygen atoms in total. The van der Waals surface area contributed by atoms with Crippen molar-refractivity contribution < 1.29 is 14.3 Å². The number of nitrogens with zero attached hydrogens (tertiary/aromatic N) is 6. The zero-order valence-corrected chi connectivity index (χ0v) is 31.4. The van der Waals surface area contributed by atoms with Crippen molar-refractivity contribution in [2.24, 2.45) is 7.05 Å². The fourth-order valence-electron chi connectivity index (χ4n) is 8.41. The van der Waals surface area contributed by atoms with Crippen LogP contribution in [-0.4, -0.2) is 88.1 Å². The number of pyridine rings is 2. The van der Waals surface area contributed by atoms with Gasteiger partial charge in [-0.2, -0.15) is 5.10 Å². The van der Waals surface area contributed by atoms with Gasteiger partial charge in [-0.15, -0.1) is 0 Å². The van der Waals surface area contributed by atoms with Gasteiger partial charge in [-0.05, 0) is 68.0 Å². The van der Waals surface area contributed by atoms with Crippen LogP contribution >= 0.6 is 11.6 Å². The van der Waals surface area contributed by atoms with E-state index in [9.17, 15) is 9.59 Å². The SMILES string of the molecule is COCCN1C[C@@]2(CCN([C@@H]3CCc4cc(-c5cccc(-c6cccc(Nc7nc(C)cc8cnn(C)c(=O)c78)c6C)c5Cl)nc(OC)c43)C2)NC1=O. The first-order chi connectivity index (χ1) is 25.6. The summed E-state index contributed by atoms with van der Waals surface area (Å²) in [6, 6.07) is 16.2. The van der Waals surface area contributed by atoms with Crippen LogP contribution in [0.1, 0.15) is 41.3 Å². The van der Waals surface area contributed by atoms with E-state index in [1.165, 1.54) is 10.2 Å². The summed E-state index contributed by atoms with van der Waals surface area (Å²) in [6.07, 6.45) is 4.43. The van der Waals surface area contributed by atoms with Gasteiger partial charge < -0.3 is 25.0 Å². The maximum atomic E-state index is 13.1. The molecule has 2 fully saturated rings. The van der Waals surface area contributed by atoms with E-state index in [1.807, 2.05) is 61.2 Å². The van der Waals surface area contributed by atoms with Gasteiger partial charge in [0, 0.05) is 79.8 Å². The molecule has 0 saturated carbocycles. The highest BCUT2D eigenvalue weighted by Gasteiger charge is 2.49. The van der Waals surface area contributed by atoms with Gasteiger partial charge in [-0.1, -0.05) is 41.9 Å². The Morgan fingerprint density at radius 3 is 2.64 bits per heavy atom. The van der Waals surface area contributed by atoms with Crippen LogP contribution in [0.4, 0.5) is 16.3 Å². The Morgan fingerprint density at radius 2 is 1.83 bits per heavy atom. The van der Waals surface area contributed by atoms with E-state index in [1.54, 1.807) is 27.5 Å². The molecule has 13 heteroatoms. The molecule has 2 aromatic carbocycles. The number of ether oxygens (including phenoxy) is 2. The quantitative estimate of drug-likeness (QED) is 0.183. The van der Waals surface area contributed by atoms with E-state index < -0.39 is 0 Å².